The first-order chi connectivity index (χ1) is 8.99. The van der Waals surface area contributed by atoms with E-state index in [1.807, 2.05) is 13.8 Å². The first kappa shape index (κ1) is 15.2. The Balaban J connectivity index is 3.00. The number of benzene rings is 1. The van der Waals surface area contributed by atoms with Gasteiger partial charge >= 0.3 is 0 Å². The van der Waals surface area contributed by atoms with Crippen molar-refractivity contribution in [3.05, 3.63) is 29.3 Å². The van der Waals surface area contributed by atoms with Gasteiger partial charge in [-0.3, -0.25) is 9.59 Å². The molecule has 1 aromatic rings. The fraction of sp³-hybridized carbons (Fsp3) is 0.429. The highest BCUT2D eigenvalue weighted by atomic mass is 16.3. The number of amides is 2. The molecule has 5 heteroatoms. The van der Waals surface area contributed by atoms with Gasteiger partial charge in [-0.25, -0.2) is 0 Å². The Labute approximate surface area is 113 Å². The van der Waals surface area contributed by atoms with Crippen molar-refractivity contribution in [1.82, 2.24) is 4.90 Å². The smallest absolute Gasteiger partial charge is 0.253 e. The van der Waals surface area contributed by atoms with Crippen LogP contribution in [0.4, 0.5) is 5.69 Å². The standard InChI is InChI=1S/C14H20N2O3/c1-4-16(7-8-17)14(19)12-6-5-10(2)13(9-12)15-11(3)18/h5-6,9,17H,4,7-8H2,1-3H3,(H,15,18). The van der Waals surface area contributed by atoms with Crippen molar-refractivity contribution >= 4 is 17.5 Å². The summed E-state index contributed by atoms with van der Waals surface area (Å²) in [4.78, 5) is 24.9. The lowest BCUT2D eigenvalue weighted by molar-refractivity contribution is -0.114. The molecule has 2 N–H and O–H groups in total. The van der Waals surface area contributed by atoms with Gasteiger partial charge in [0, 0.05) is 31.3 Å². The number of aryl methyl sites for hydroxylation is 1. The van der Waals surface area contributed by atoms with E-state index in [0.29, 0.717) is 24.3 Å². The second-order valence-corrected chi connectivity index (χ2v) is 4.32. The summed E-state index contributed by atoms with van der Waals surface area (Å²) in [6, 6.07) is 5.19. The number of nitrogens with one attached hydrogen (secondary N) is 1. The molecule has 1 aromatic carbocycles. The van der Waals surface area contributed by atoms with E-state index in [0.717, 1.165) is 5.56 Å². The Morgan fingerprint density at radius 1 is 1.37 bits per heavy atom. The molecular weight excluding hydrogens is 244 g/mol. The Bertz CT molecular complexity index is 472. The van der Waals surface area contributed by atoms with Crippen LogP contribution in [0, 0.1) is 6.92 Å². The third kappa shape index (κ3) is 4.06. The van der Waals surface area contributed by atoms with Gasteiger partial charge in [-0.2, -0.15) is 0 Å². The van der Waals surface area contributed by atoms with Crippen molar-refractivity contribution in [3.8, 4) is 0 Å². The van der Waals surface area contributed by atoms with Crippen molar-refractivity contribution < 1.29 is 14.7 Å². The van der Waals surface area contributed by atoms with E-state index in [1.165, 1.54) is 6.92 Å². The highest BCUT2D eigenvalue weighted by Gasteiger charge is 2.14. The number of hydrogen-bond donors (Lipinski definition) is 2. The average molecular weight is 264 g/mol. The van der Waals surface area contributed by atoms with E-state index in [4.69, 9.17) is 5.11 Å². The molecule has 1 rings (SSSR count). The maximum absolute atomic E-state index is 12.2. The highest BCUT2D eigenvalue weighted by molar-refractivity contribution is 5.97. The number of likely N-dealkylation sites (N-methyl/N-ethyl adjacent to an activating group) is 1. The molecule has 0 saturated carbocycles. The van der Waals surface area contributed by atoms with Crippen LogP contribution in [-0.2, 0) is 4.79 Å². The lowest BCUT2D eigenvalue weighted by Gasteiger charge is -2.20. The second-order valence-electron chi connectivity index (χ2n) is 4.32. The number of hydrogen-bond acceptors (Lipinski definition) is 3. The van der Waals surface area contributed by atoms with Crippen LogP contribution < -0.4 is 5.32 Å². The zero-order valence-electron chi connectivity index (χ0n) is 11.6. The molecule has 0 saturated heterocycles. The zero-order valence-corrected chi connectivity index (χ0v) is 11.6. The maximum atomic E-state index is 12.2. The minimum absolute atomic E-state index is 0.0655. The van der Waals surface area contributed by atoms with E-state index in [1.54, 1.807) is 23.1 Å². The molecule has 0 bridgehead atoms. The molecule has 0 aliphatic carbocycles. The minimum atomic E-state index is -0.171. The highest BCUT2D eigenvalue weighted by Crippen LogP contribution is 2.18. The van der Waals surface area contributed by atoms with Gasteiger partial charge in [-0.15, -0.1) is 0 Å². The summed E-state index contributed by atoms with van der Waals surface area (Å²) in [7, 11) is 0. The molecule has 0 fully saturated rings. The fourth-order valence-electron chi connectivity index (χ4n) is 1.79. The lowest BCUT2D eigenvalue weighted by Crippen LogP contribution is -2.33. The number of carbonyl (C=O) groups excluding carboxylic acids is 2. The van der Waals surface area contributed by atoms with Crippen molar-refractivity contribution in [2.45, 2.75) is 20.8 Å². The Morgan fingerprint density at radius 3 is 2.58 bits per heavy atom. The summed E-state index contributed by atoms with van der Waals surface area (Å²) < 4.78 is 0. The first-order valence-corrected chi connectivity index (χ1v) is 6.28. The first-order valence-electron chi connectivity index (χ1n) is 6.28. The Hall–Kier alpha value is -1.88. The van der Waals surface area contributed by atoms with Gasteiger partial charge in [-0.1, -0.05) is 6.07 Å². The quantitative estimate of drug-likeness (QED) is 0.844. The summed E-state index contributed by atoms with van der Waals surface area (Å²) in [5.74, 6) is -0.321. The molecule has 0 radical (unpaired) electrons. The topological polar surface area (TPSA) is 69.6 Å². The summed E-state index contributed by atoms with van der Waals surface area (Å²) in [6.07, 6.45) is 0. The predicted molar refractivity (Wildman–Crippen MR) is 74.1 cm³/mol. The molecule has 0 atom stereocenters. The van der Waals surface area contributed by atoms with Gasteiger partial charge < -0.3 is 15.3 Å². The maximum Gasteiger partial charge on any atom is 0.253 e. The van der Waals surface area contributed by atoms with E-state index in [2.05, 4.69) is 5.32 Å². The SMILES string of the molecule is CCN(CCO)C(=O)c1ccc(C)c(NC(C)=O)c1. The van der Waals surface area contributed by atoms with Crippen molar-refractivity contribution in [1.29, 1.82) is 0 Å². The number of nitrogens with zero attached hydrogens (tertiary/aromatic N) is 1. The average Bonchev–Trinajstić information content (AvgIpc) is 2.37. The minimum Gasteiger partial charge on any atom is -0.395 e. The van der Waals surface area contributed by atoms with Crippen LogP contribution >= 0.6 is 0 Å². The molecule has 0 aromatic heterocycles. The molecule has 5 nitrogen and oxygen atoms in total. The van der Waals surface area contributed by atoms with E-state index in [9.17, 15) is 9.59 Å². The summed E-state index contributed by atoms with van der Waals surface area (Å²) >= 11 is 0. The molecule has 104 valence electrons. The lowest BCUT2D eigenvalue weighted by atomic mass is 10.1. The van der Waals surface area contributed by atoms with Crippen LogP contribution in [0.5, 0.6) is 0 Å². The number of rotatable bonds is 5. The van der Waals surface area contributed by atoms with Crippen molar-refractivity contribution in [2.24, 2.45) is 0 Å². The zero-order chi connectivity index (χ0) is 14.4. The molecule has 2 amide bonds. The molecular formula is C14H20N2O3. The van der Waals surface area contributed by atoms with Crippen LogP contribution in [0.2, 0.25) is 0 Å². The van der Waals surface area contributed by atoms with Crippen molar-refractivity contribution in [2.75, 3.05) is 25.0 Å². The van der Waals surface area contributed by atoms with Gasteiger partial charge in [0.2, 0.25) is 5.91 Å². The van der Waals surface area contributed by atoms with Crippen LogP contribution in [0.15, 0.2) is 18.2 Å². The summed E-state index contributed by atoms with van der Waals surface area (Å²) in [5, 5.41) is 11.6. The molecule has 0 heterocycles. The Morgan fingerprint density at radius 2 is 2.05 bits per heavy atom. The van der Waals surface area contributed by atoms with Gasteiger partial charge in [0.25, 0.3) is 5.91 Å². The third-order valence-electron chi connectivity index (χ3n) is 2.83. The molecule has 0 aliphatic heterocycles. The number of aliphatic hydroxyl groups is 1. The van der Waals surface area contributed by atoms with Crippen LogP contribution in [0.3, 0.4) is 0 Å². The van der Waals surface area contributed by atoms with Crippen molar-refractivity contribution in [3.63, 3.8) is 0 Å². The largest absolute Gasteiger partial charge is 0.395 e. The normalized spacial score (nSPS) is 10.1. The van der Waals surface area contributed by atoms with E-state index in [-0.39, 0.29) is 18.4 Å². The predicted octanol–water partition coefficient (Wildman–Crippen LogP) is 1.41. The van der Waals surface area contributed by atoms with Crippen LogP contribution in [0.25, 0.3) is 0 Å². The number of aliphatic hydroxyl groups excluding tert-OH is 1. The number of carbonyl (C=O) groups is 2. The summed E-state index contributed by atoms with van der Waals surface area (Å²) in [5.41, 5.74) is 2.04. The van der Waals surface area contributed by atoms with Gasteiger partial charge in [-0.05, 0) is 31.5 Å². The van der Waals surface area contributed by atoms with Gasteiger partial charge in [0.1, 0.15) is 0 Å². The van der Waals surface area contributed by atoms with E-state index >= 15 is 0 Å². The van der Waals surface area contributed by atoms with E-state index < -0.39 is 0 Å². The molecule has 0 aliphatic rings. The van der Waals surface area contributed by atoms with Crippen LogP contribution in [0.1, 0.15) is 29.8 Å². The number of anilines is 1. The van der Waals surface area contributed by atoms with Gasteiger partial charge in [0.15, 0.2) is 0 Å². The Kier molecular flexibility index (Phi) is 5.51. The van der Waals surface area contributed by atoms with Crippen LogP contribution in [-0.4, -0.2) is 41.5 Å². The molecule has 0 spiro atoms. The van der Waals surface area contributed by atoms with Gasteiger partial charge in [0.05, 0.1) is 6.61 Å². The second kappa shape index (κ2) is 6.89. The molecule has 19 heavy (non-hydrogen) atoms. The summed E-state index contributed by atoms with van der Waals surface area (Å²) in [6.45, 7) is 5.92. The fourth-order valence-corrected chi connectivity index (χ4v) is 1.79. The third-order valence-corrected chi connectivity index (χ3v) is 2.83. The monoisotopic (exact) mass is 264 g/mol. The molecule has 0 unspecified atom stereocenters.